The van der Waals surface area contributed by atoms with E-state index in [-0.39, 0.29) is 5.75 Å². The standard InChI is InChI=1S/C14H16F2N4O/c1-3-17-12-9(2)13(19-8-18-12)20-10-6-4-5-7-11(10)21-14(15)16/h4-8,14H,3H2,1-2H3,(H2,17,18,19,20). The minimum absolute atomic E-state index is 0.0653. The van der Waals surface area contributed by atoms with Crippen molar-refractivity contribution < 1.29 is 13.5 Å². The van der Waals surface area contributed by atoms with Crippen LogP contribution in [0.2, 0.25) is 0 Å². The van der Waals surface area contributed by atoms with Gasteiger partial charge in [0.15, 0.2) is 0 Å². The monoisotopic (exact) mass is 294 g/mol. The van der Waals surface area contributed by atoms with Crippen molar-refractivity contribution in [2.45, 2.75) is 20.5 Å². The molecule has 0 fully saturated rings. The van der Waals surface area contributed by atoms with Crippen LogP contribution < -0.4 is 15.4 Å². The Balaban J connectivity index is 2.28. The summed E-state index contributed by atoms with van der Waals surface area (Å²) in [7, 11) is 0. The van der Waals surface area contributed by atoms with Crippen LogP contribution in [0.25, 0.3) is 0 Å². The molecule has 112 valence electrons. The quantitative estimate of drug-likeness (QED) is 0.853. The number of nitrogens with one attached hydrogen (secondary N) is 2. The molecule has 1 aromatic heterocycles. The molecule has 0 unspecified atom stereocenters. The molecule has 0 amide bonds. The molecule has 0 radical (unpaired) electrons. The van der Waals surface area contributed by atoms with E-state index >= 15 is 0 Å². The van der Waals surface area contributed by atoms with Crippen LogP contribution in [-0.4, -0.2) is 23.1 Å². The summed E-state index contributed by atoms with van der Waals surface area (Å²) < 4.78 is 29.3. The van der Waals surface area contributed by atoms with E-state index in [4.69, 9.17) is 0 Å². The highest BCUT2D eigenvalue weighted by Gasteiger charge is 2.12. The summed E-state index contributed by atoms with van der Waals surface area (Å²) in [4.78, 5) is 8.26. The molecule has 2 rings (SSSR count). The third-order valence-electron chi connectivity index (χ3n) is 2.78. The van der Waals surface area contributed by atoms with Gasteiger partial charge < -0.3 is 15.4 Å². The van der Waals surface area contributed by atoms with Gasteiger partial charge in [-0.3, -0.25) is 0 Å². The van der Waals surface area contributed by atoms with E-state index in [2.05, 4.69) is 25.3 Å². The Morgan fingerprint density at radius 2 is 1.90 bits per heavy atom. The summed E-state index contributed by atoms with van der Waals surface area (Å²) in [5.41, 5.74) is 1.22. The van der Waals surface area contributed by atoms with Crippen molar-refractivity contribution in [1.29, 1.82) is 0 Å². The Kier molecular flexibility index (Phi) is 4.86. The van der Waals surface area contributed by atoms with Crippen molar-refractivity contribution in [3.05, 3.63) is 36.2 Å². The fourth-order valence-electron chi connectivity index (χ4n) is 1.82. The van der Waals surface area contributed by atoms with E-state index in [0.717, 1.165) is 12.1 Å². The first-order chi connectivity index (χ1) is 10.1. The van der Waals surface area contributed by atoms with Gasteiger partial charge in [-0.25, -0.2) is 9.97 Å². The number of anilines is 3. The number of benzene rings is 1. The second-order valence-electron chi connectivity index (χ2n) is 4.23. The van der Waals surface area contributed by atoms with Crippen LogP contribution in [0.15, 0.2) is 30.6 Å². The maximum absolute atomic E-state index is 12.4. The molecule has 21 heavy (non-hydrogen) atoms. The molecule has 0 atom stereocenters. The van der Waals surface area contributed by atoms with Crippen LogP contribution in [0.1, 0.15) is 12.5 Å². The summed E-state index contributed by atoms with van der Waals surface area (Å²) in [5.74, 6) is 1.30. The lowest BCUT2D eigenvalue weighted by molar-refractivity contribution is -0.0493. The molecule has 1 aromatic carbocycles. The van der Waals surface area contributed by atoms with Gasteiger partial charge in [-0.1, -0.05) is 12.1 Å². The minimum Gasteiger partial charge on any atom is -0.433 e. The lowest BCUT2D eigenvalue weighted by Crippen LogP contribution is -2.07. The molecule has 0 bridgehead atoms. The fourth-order valence-corrected chi connectivity index (χ4v) is 1.82. The van der Waals surface area contributed by atoms with E-state index in [1.165, 1.54) is 12.4 Å². The number of ether oxygens (including phenoxy) is 1. The van der Waals surface area contributed by atoms with Crippen LogP contribution in [0, 0.1) is 6.92 Å². The van der Waals surface area contributed by atoms with Gasteiger partial charge in [0, 0.05) is 12.1 Å². The molecule has 0 saturated heterocycles. The molecule has 5 nitrogen and oxygen atoms in total. The van der Waals surface area contributed by atoms with Gasteiger partial charge in [0.25, 0.3) is 0 Å². The van der Waals surface area contributed by atoms with Crippen molar-refractivity contribution in [1.82, 2.24) is 9.97 Å². The normalized spacial score (nSPS) is 10.5. The molecular formula is C14H16F2N4O. The molecule has 0 saturated carbocycles. The molecule has 0 aliphatic rings. The van der Waals surface area contributed by atoms with E-state index in [1.807, 2.05) is 13.8 Å². The van der Waals surface area contributed by atoms with Crippen LogP contribution in [-0.2, 0) is 0 Å². The van der Waals surface area contributed by atoms with E-state index in [0.29, 0.717) is 17.3 Å². The topological polar surface area (TPSA) is 59.1 Å². The molecule has 1 heterocycles. The number of para-hydroxylation sites is 2. The number of halogens is 2. The molecule has 0 aliphatic heterocycles. The Hall–Kier alpha value is -2.44. The third kappa shape index (κ3) is 3.77. The largest absolute Gasteiger partial charge is 0.433 e. The zero-order chi connectivity index (χ0) is 15.2. The summed E-state index contributed by atoms with van der Waals surface area (Å²) >= 11 is 0. The first-order valence-corrected chi connectivity index (χ1v) is 6.48. The summed E-state index contributed by atoms with van der Waals surface area (Å²) in [5, 5.41) is 6.10. The van der Waals surface area contributed by atoms with Gasteiger partial charge in [-0.05, 0) is 26.0 Å². The molecule has 0 spiro atoms. The van der Waals surface area contributed by atoms with Gasteiger partial charge in [-0.2, -0.15) is 8.78 Å². The molecule has 7 heteroatoms. The number of rotatable bonds is 6. The van der Waals surface area contributed by atoms with Crippen LogP contribution in [0.3, 0.4) is 0 Å². The second-order valence-corrected chi connectivity index (χ2v) is 4.23. The maximum atomic E-state index is 12.4. The van der Waals surface area contributed by atoms with E-state index in [9.17, 15) is 8.78 Å². The van der Waals surface area contributed by atoms with Crippen LogP contribution in [0.4, 0.5) is 26.1 Å². The first-order valence-electron chi connectivity index (χ1n) is 6.48. The molecule has 2 aromatic rings. The Morgan fingerprint density at radius 1 is 1.19 bits per heavy atom. The Bertz CT molecular complexity index is 607. The zero-order valence-corrected chi connectivity index (χ0v) is 11.7. The van der Waals surface area contributed by atoms with Crippen molar-refractivity contribution >= 4 is 17.3 Å². The molecular weight excluding hydrogens is 278 g/mol. The predicted molar refractivity (Wildman–Crippen MR) is 77.3 cm³/mol. The van der Waals surface area contributed by atoms with Gasteiger partial charge in [0.05, 0.1) is 5.69 Å². The smallest absolute Gasteiger partial charge is 0.387 e. The van der Waals surface area contributed by atoms with E-state index in [1.54, 1.807) is 18.2 Å². The SMILES string of the molecule is CCNc1ncnc(Nc2ccccc2OC(F)F)c1C. The summed E-state index contributed by atoms with van der Waals surface area (Å²) in [6.07, 6.45) is 1.41. The Morgan fingerprint density at radius 3 is 2.62 bits per heavy atom. The van der Waals surface area contributed by atoms with Crippen molar-refractivity contribution in [2.75, 3.05) is 17.2 Å². The predicted octanol–water partition coefficient (Wildman–Crippen LogP) is 3.56. The number of nitrogens with zero attached hydrogens (tertiary/aromatic N) is 2. The number of aromatic nitrogens is 2. The highest BCUT2D eigenvalue weighted by molar-refractivity contribution is 5.68. The van der Waals surface area contributed by atoms with Gasteiger partial charge >= 0.3 is 6.61 Å². The second kappa shape index (κ2) is 6.83. The van der Waals surface area contributed by atoms with Crippen LogP contribution in [0.5, 0.6) is 5.75 Å². The number of hydrogen-bond donors (Lipinski definition) is 2. The van der Waals surface area contributed by atoms with Gasteiger partial charge in [-0.15, -0.1) is 0 Å². The Labute approximate surface area is 121 Å². The summed E-state index contributed by atoms with van der Waals surface area (Å²) in [6.45, 7) is 1.65. The van der Waals surface area contributed by atoms with Gasteiger partial charge in [0.2, 0.25) is 0 Å². The number of alkyl halides is 2. The fraction of sp³-hybridized carbons (Fsp3) is 0.286. The third-order valence-corrected chi connectivity index (χ3v) is 2.78. The highest BCUT2D eigenvalue weighted by atomic mass is 19.3. The molecule has 0 aliphatic carbocycles. The highest BCUT2D eigenvalue weighted by Crippen LogP contribution is 2.30. The molecule has 2 N–H and O–H groups in total. The zero-order valence-electron chi connectivity index (χ0n) is 11.7. The van der Waals surface area contributed by atoms with Crippen molar-refractivity contribution in [3.8, 4) is 5.75 Å². The minimum atomic E-state index is -2.88. The first kappa shape index (κ1) is 15.0. The lowest BCUT2D eigenvalue weighted by Gasteiger charge is -2.14. The summed E-state index contributed by atoms with van der Waals surface area (Å²) in [6, 6.07) is 6.46. The van der Waals surface area contributed by atoms with Crippen molar-refractivity contribution in [3.63, 3.8) is 0 Å². The number of hydrogen-bond acceptors (Lipinski definition) is 5. The van der Waals surface area contributed by atoms with Gasteiger partial charge in [0.1, 0.15) is 23.7 Å². The maximum Gasteiger partial charge on any atom is 0.387 e. The lowest BCUT2D eigenvalue weighted by atomic mass is 10.2. The average molecular weight is 294 g/mol. The van der Waals surface area contributed by atoms with Crippen molar-refractivity contribution in [2.24, 2.45) is 0 Å². The van der Waals surface area contributed by atoms with E-state index < -0.39 is 6.61 Å². The average Bonchev–Trinajstić information content (AvgIpc) is 2.45. The van der Waals surface area contributed by atoms with Crippen LogP contribution >= 0.6 is 0 Å².